The fourth-order valence-corrected chi connectivity index (χ4v) is 5.59. The Labute approximate surface area is 226 Å². The average Bonchev–Trinajstić information content (AvgIpc) is 2.83. The van der Waals surface area contributed by atoms with Gasteiger partial charge >= 0.3 is 0 Å². The van der Waals surface area contributed by atoms with Crippen LogP contribution in [-0.2, 0) is 13.1 Å². The minimum atomic E-state index is -0.759. The van der Waals surface area contributed by atoms with Crippen LogP contribution in [0.4, 0.5) is 14.5 Å². The van der Waals surface area contributed by atoms with Gasteiger partial charge in [-0.05, 0) is 37.6 Å². The number of methoxy groups -OCH3 is 1. The van der Waals surface area contributed by atoms with E-state index in [0.29, 0.717) is 23.7 Å². The highest BCUT2D eigenvalue weighted by atomic mass is 79.9. The molecule has 2 N–H and O–H groups in total. The zero-order chi connectivity index (χ0) is 26.9. The van der Waals surface area contributed by atoms with Crippen LogP contribution in [-0.4, -0.2) is 49.4 Å². The Balaban J connectivity index is 1.80. The summed E-state index contributed by atoms with van der Waals surface area (Å²) in [6.07, 6.45) is 1.30. The van der Waals surface area contributed by atoms with Crippen LogP contribution in [0.5, 0.6) is 5.75 Å². The van der Waals surface area contributed by atoms with Crippen molar-refractivity contribution in [2.24, 2.45) is 0 Å². The maximum Gasteiger partial charge on any atom is 0.257 e. The van der Waals surface area contributed by atoms with Crippen molar-refractivity contribution in [3.05, 3.63) is 67.1 Å². The first kappa shape index (κ1) is 27.3. The normalized spacial score (nSPS) is 17.8. The summed E-state index contributed by atoms with van der Waals surface area (Å²) in [7, 11) is 1.39. The summed E-state index contributed by atoms with van der Waals surface area (Å²) in [5.41, 5.74) is 0.209. The molecule has 0 bridgehead atoms. The number of nitrogens with zero attached hydrogens (tertiary/aromatic N) is 2. The van der Waals surface area contributed by atoms with E-state index in [1.54, 1.807) is 18.2 Å². The maximum absolute atomic E-state index is 15.6. The van der Waals surface area contributed by atoms with Crippen LogP contribution in [0.25, 0.3) is 10.9 Å². The van der Waals surface area contributed by atoms with Crippen molar-refractivity contribution >= 4 is 50.0 Å². The SMILES string of the molecule is COc1c(N2CC(C)NC(C)C2)c(F)cc2c(=O)c(C(=O)NCc3ccc(Br)cc3Cl)cn(CCF)c12. The molecule has 2 unspecified atom stereocenters. The summed E-state index contributed by atoms with van der Waals surface area (Å²) in [6.45, 7) is 4.21. The number of aryl methyl sites for hydroxylation is 1. The van der Waals surface area contributed by atoms with Crippen molar-refractivity contribution in [2.75, 3.05) is 31.8 Å². The standard InChI is InChI=1S/C26H28BrClF2N4O3/c1-14-11-34(12-15(2)32-14)23-21(30)9-18-22(25(23)37-3)33(7-6-29)13-19(24(18)35)26(36)31-10-16-4-5-17(27)8-20(16)28/h4-5,8-9,13-15,32H,6-7,10-12H2,1-3H3,(H,31,36). The summed E-state index contributed by atoms with van der Waals surface area (Å²) in [5.74, 6) is -1.18. The molecule has 2 atom stereocenters. The van der Waals surface area contributed by atoms with Gasteiger partial charge < -0.3 is 24.8 Å². The maximum atomic E-state index is 15.6. The molecule has 2 heterocycles. The molecule has 198 valence electrons. The van der Waals surface area contributed by atoms with E-state index in [9.17, 15) is 14.0 Å². The molecule has 1 aliphatic heterocycles. The molecular formula is C26H28BrClF2N4O3. The second-order valence-electron chi connectivity index (χ2n) is 9.18. The third-order valence-corrected chi connectivity index (χ3v) is 7.19. The van der Waals surface area contributed by atoms with Crippen molar-refractivity contribution in [1.82, 2.24) is 15.2 Å². The molecule has 1 fully saturated rings. The molecule has 37 heavy (non-hydrogen) atoms. The molecule has 4 rings (SSSR count). The third-order valence-electron chi connectivity index (χ3n) is 6.35. The number of amides is 1. The van der Waals surface area contributed by atoms with Gasteiger partial charge in [0.25, 0.3) is 5.91 Å². The highest BCUT2D eigenvalue weighted by Crippen LogP contribution is 2.39. The predicted octanol–water partition coefficient (Wildman–Crippen LogP) is 4.65. The Morgan fingerprint density at radius 2 is 1.97 bits per heavy atom. The number of ether oxygens (including phenoxy) is 1. The molecule has 0 spiro atoms. The Morgan fingerprint density at radius 3 is 2.59 bits per heavy atom. The number of halogens is 4. The second kappa shape index (κ2) is 11.4. The largest absolute Gasteiger partial charge is 0.492 e. The minimum Gasteiger partial charge on any atom is -0.492 e. The molecule has 1 aromatic heterocycles. The molecule has 1 amide bonds. The van der Waals surface area contributed by atoms with Crippen LogP contribution in [0.2, 0.25) is 5.02 Å². The van der Waals surface area contributed by atoms with Crippen molar-refractivity contribution < 1.29 is 18.3 Å². The topological polar surface area (TPSA) is 75.6 Å². The predicted molar refractivity (Wildman–Crippen MR) is 145 cm³/mol. The number of nitrogens with one attached hydrogen (secondary N) is 2. The number of fused-ring (bicyclic) bond motifs is 1. The van der Waals surface area contributed by atoms with Gasteiger partial charge in [-0.25, -0.2) is 8.78 Å². The number of hydrogen-bond donors (Lipinski definition) is 2. The highest BCUT2D eigenvalue weighted by Gasteiger charge is 2.29. The smallest absolute Gasteiger partial charge is 0.257 e. The van der Waals surface area contributed by atoms with Gasteiger partial charge in [-0.3, -0.25) is 9.59 Å². The van der Waals surface area contributed by atoms with E-state index in [1.165, 1.54) is 17.9 Å². The van der Waals surface area contributed by atoms with E-state index in [4.69, 9.17) is 16.3 Å². The third kappa shape index (κ3) is 5.61. The lowest BCUT2D eigenvalue weighted by Gasteiger charge is -2.38. The van der Waals surface area contributed by atoms with Gasteiger partial charge in [-0.1, -0.05) is 33.6 Å². The molecule has 0 aliphatic carbocycles. The van der Waals surface area contributed by atoms with E-state index >= 15 is 4.39 Å². The zero-order valence-electron chi connectivity index (χ0n) is 20.7. The molecule has 1 aliphatic rings. The summed E-state index contributed by atoms with van der Waals surface area (Å²) in [6, 6.07) is 6.53. The summed E-state index contributed by atoms with van der Waals surface area (Å²) in [5, 5.41) is 6.46. The van der Waals surface area contributed by atoms with E-state index in [-0.39, 0.29) is 53.1 Å². The first-order valence-electron chi connectivity index (χ1n) is 11.9. The fourth-order valence-electron chi connectivity index (χ4n) is 4.85. The average molecular weight is 598 g/mol. The van der Waals surface area contributed by atoms with Crippen LogP contribution >= 0.6 is 27.5 Å². The van der Waals surface area contributed by atoms with Crippen LogP contribution in [0, 0.1) is 5.82 Å². The molecule has 3 aromatic rings. The van der Waals surface area contributed by atoms with Crippen LogP contribution in [0.3, 0.4) is 0 Å². The summed E-state index contributed by atoms with van der Waals surface area (Å²) < 4.78 is 37.1. The highest BCUT2D eigenvalue weighted by molar-refractivity contribution is 9.10. The van der Waals surface area contributed by atoms with Crippen molar-refractivity contribution in [2.45, 2.75) is 39.0 Å². The van der Waals surface area contributed by atoms with Crippen molar-refractivity contribution in [3.8, 4) is 5.75 Å². The lowest BCUT2D eigenvalue weighted by atomic mass is 10.1. The number of benzene rings is 2. The number of piperazine rings is 1. The summed E-state index contributed by atoms with van der Waals surface area (Å²) >= 11 is 9.56. The number of carbonyl (C=O) groups is 1. The van der Waals surface area contributed by atoms with Gasteiger partial charge in [0, 0.05) is 47.4 Å². The van der Waals surface area contributed by atoms with Crippen LogP contribution < -0.4 is 25.7 Å². The number of alkyl halides is 1. The molecule has 7 nitrogen and oxygen atoms in total. The molecule has 1 saturated heterocycles. The van der Waals surface area contributed by atoms with Crippen LogP contribution in [0.1, 0.15) is 29.8 Å². The van der Waals surface area contributed by atoms with Gasteiger partial charge in [-0.2, -0.15) is 0 Å². The van der Waals surface area contributed by atoms with Gasteiger partial charge in [0.2, 0.25) is 5.43 Å². The van der Waals surface area contributed by atoms with E-state index in [1.807, 2.05) is 18.7 Å². The number of aromatic nitrogens is 1. The van der Waals surface area contributed by atoms with Crippen molar-refractivity contribution in [1.29, 1.82) is 0 Å². The number of hydrogen-bond acceptors (Lipinski definition) is 5. The summed E-state index contributed by atoms with van der Waals surface area (Å²) in [4.78, 5) is 28.3. The number of anilines is 1. The lowest BCUT2D eigenvalue weighted by Crippen LogP contribution is -2.54. The fraction of sp³-hybridized carbons (Fsp3) is 0.385. The van der Waals surface area contributed by atoms with Gasteiger partial charge in [0.1, 0.15) is 17.9 Å². The molecule has 0 radical (unpaired) electrons. The Kier molecular flexibility index (Phi) is 8.40. The first-order valence-corrected chi connectivity index (χ1v) is 13.0. The first-order chi connectivity index (χ1) is 17.6. The van der Waals surface area contributed by atoms with E-state index in [2.05, 4.69) is 26.6 Å². The Hall–Kier alpha value is -2.69. The van der Waals surface area contributed by atoms with Crippen LogP contribution in [0.15, 0.2) is 39.7 Å². The van der Waals surface area contributed by atoms with Gasteiger partial charge in [0.05, 0.1) is 24.6 Å². The minimum absolute atomic E-state index is 0.0582. The molecular weight excluding hydrogens is 570 g/mol. The van der Waals surface area contributed by atoms with E-state index in [0.717, 1.165) is 10.5 Å². The molecule has 11 heteroatoms. The Morgan fingerprint density at radius 1 is 1.27 bits per heavy atom. The number of pyridine rings is 1. The molecule has 0 saturated carbocycles. The van der Waals surface area contributed by atoms with Gasteiger partial charge in [0.15, 0.2) is 11.6 Å². The van der Waals surface area contributed by atoms with Crippen molar-refractivity contribution in [3.63, 3.8) is 0 Å². The second-order valence-corrected chi connectivity index (χ2v) is 10.5. The van der Waals surface area contributed by atoms with E-state index < -0.39 is 23.8 Å². The lowest BCUT2D eigenvalue weighted by molar-refractivity contribution is 0.0949. The molecule has 2 aromatic carbocycles. The quantitative estimate of drug-likeness (QED) is 0.415. The van der Waals surface area contributed by atoms with Gasteiger partial charge in [-0.15, -0.1) is 0 Å². The number of rotatable bonds is 7. The monoisotopic (exact) mass is 596 g/mol. The number of carbonyl (C=O) groups excluding carboxylic acids is 1. The Bertz CT molecular complexity index is 1390. The zero-order valence-corrected chi connectivity index (χ0v) is 23.0.